The van der Waals surface area contributed by atoms with Crippen LogP contribution in [0, 0.1) is 0 Å². The molecule has 0 N–H and O–H groups in total. The highest BCUT2D eigenvalue weighted by molar-refractivity contribution is 4.92. The lowest BCUT2D eigenvalue weighted by Gasteiger charge is -2.16. The minimum absolute atomic E-state index is 0.426. The van der Waals surface area contributed by atoms with Crippen molar-refractivity contribution in [3.8, 4) is 0 Å². The van der Waals surface area contributed by atoms with Gasteiger partial charge in [0.05, 0.1) is 12.7 Å². The van der Waals surface area contributed by atoms with Crippen molar-refractivity contribution in [2.24, 2.45) is 0 Å². The molecule has 64 valence electrons. The fourth-order valence-electron chi connectivity index (χ4n) is 1.37. The van der Waals surface area contributed by atoms with Gasteiger partial charge in [0.25, 0.3) is 0 Å². The Balaban J connectivity index is 2.05. The van der Waals surface area contributed by atoms with Crippen molar-refractivity contribution in [1.29, 1.82) is 0 Å². The van der Waals surface area contributed by atoms with Crippen LogP contribution in [-0.4, -0.2) is 12.7 Å². The summed E-state index contributed by atoms with van der Waals surface area (Å²) in [4.78, 5) is 0. The van der Waals surface area contributed by atoms with Crippen LogP contribution in [0.2, 0.25) is 0 Å². The topological polar surface area (TPSA) is 9.23 Å². The smallest absolute Gasteiger partial charge is 0.0755 e. The van der Waals surface area contributed by atoms with E-state index in [2.05, 4.69) is 19.1 Å². The zero-order chi connectivity index (χ0) is 7.94. The largest absolute Gasteiger partial charge is 0.374 e. The molecule has 0 aromatic rings. The van der Waals surface area contributed by atoms with Gasteiger partial charge in [-0.1, -0.05) is 38.3 Å². The normalized spacial score (nSPS) is 23.9. The molecule has 1 unspecified atom stereocenters. The molecule has 0 fully saturated rings. The molecular weight excluding hydrogens is 136 g/mol. The van der Waals surface area contributed by atoms with E-state index in [1.165, 1.54) is 25.7 Å². The summed E-state index contributed by atoms with van der Waals surface area (Å²) in [5, 5.41) is 0. The van der Waals surface area contributed by atoms with Crippen LogP contribution in [-0.2, 0) is 4.74 Å². The maximum Gasteiger partial charge on any atom is 0.0755 e. The molecular formula is C10H18O. The van der Waals surface area contributed by atoms with Crippen LogP contribution in [0.3, 0.4) is 0 Å². The molecule has 1 rings (SSSR count). The molecule has 0 spiro atoms. The molecule has 0 saturated heterocycles. The summed E-state index contributed by atoms with van der Waals surface area (Å²) >= 11 is 0. The standard InChI is InChI=1S/C10H18O/c1-2-3-4-7-10-8-5-6-9-11-10/h5,8,10H,2-4,6-7,9H2,1H3. The summed E-state index contributed by atoms with van der Waals surface area (Å²) in [6, 6.07) is 0. The Kier molecular flexibility index (Phi) is 4.29. The van der Waals surface area contributed by atoms with Crippen molar-refractivity contribution in [3.05, 3.63) is 12.2 Å². The van der Waals surface area contributed by atoms with Gasteiger partial charge in [-0.15, -0.1) is 0 Å². The third-order valence-corrected chi connectivity index (χ3v) is 2.06. The Labute approximate surface area is 69.4 Å². The van der Waals surface area contributed by atoms with Gasteiger partial charge in [0.1, 0.15) is 0 Å². The zero-order valence-electron chi connectivity index (χ0n) is 7.38. The second kappa shape index (κ2) is 5.36. The number of rotatable bonds is 4. The molecule has 0 amide bonds. The summed E-state index contributed by atoms with van der Waals surface area (Å²) < 4.78 is 5.54. The predicted octanol–water partition coefficient (Wildman–Crippen LogP) is 2.91. The molecule has 11 heavy (non-hydrogen) atoms. The van der Waals surface area contributed by atoms with Gasteiger partial charge in [0.2, 0.25) is 0 Å². The lowest BCUT2D eigenvalue weighted by atomic mass is 10.1. The molecule has 0 aromatic carbocycles. The average molecular weight is 154 g/mol. The van der Waals surface area contributed by atoms with Crippen molar-refractivity contribution < 1.29 is 4.74 Å². The van der Waals surface area contributed by atoms with Gasteiger partial charge < -0.3 is 4.74 Å². The van der Waals surface area contributed by atoms with Gasteiger partial charge in [-0.05, 0) is 12.8 Å². The second-order valence-electron chi connectivity index (χ2n) is 3.12. The number of ether oxygens (including phenoxy) is 1. The minimum atomic E-state index is 0.426. The van der Waals surface area contributed by atoms with E-state index in [1.807, 2.05) is 0 Å². The van der Waals surface area contributed by atoms with Gasteiger partial charge in [0.15, 0.2) is 0 Å². The highest BCUT2D eigenvalue weighted by Crippen LogP contribution is 2.11. The van der Waals surface area contributed by atoms with Crippen molar-refractivity contribution >= 4 is 0 Å². The maximum absolute atomic E-state index is 5.54. The molecule has 0 radical (unpaired) electrons. The highest BCUT2D eigenvalue weighted by atomic mass is 16.5. The summed E-state index contributed by atoms with van der Waals surface area (Å²) in [5.74, 6) is 0. The monoisotopic (exact) mass is 154 g/mol. The SMILES string of the molecule is CCCCCC1C=CCCO1. The minimum Gasteiger partial charge on any atom is -0.374 e. The summed E-state index contributed by atoms with van der Waals surface area (Å²) in [6.45, 7) is 3.16. The Morgan fingerprint density at radius 1 is 1.45 bits per heavy atom. The summed E-state index contributed by atoms with van der Waals surface area (Å²) in [5.41, 5.74) is 0. The first-order valence-electron chi connectivity index (χ1n) is 4.71. The summed E-state index contributed by atoms with van der Waals surface area (Å²) in [6.07, 6.45) is 11.1. The Bertz CT molecular complexity index is 118. The van der Waals surface area contributed by atoms with Gasteiger partial charge in [0, 0.05) is 0 Å². The molecule has 1 aliphatic heterocycles. The maximum atomic E-state index is 5.54. The Morgan fingerprint density at radius 2 is 2.36 bits per heavy atom. The van der Waals surface area contributed by atoms with Crippen LogP contribution in [0.1, 0.15) is 39.0 Å². The highest BCUT2D eigenvalue weighted by Gasteiger charge is 2.06. The van der Waals surface area contributed by atoms with Crippen LogP contribution in [0.25, 0.3) is 0 Å². The van der Waals surface area contributed by atoms with E-state index in [1.54, 1.807) is 0 Å². The molecule has 0 bridgehead atoms. The third-order valence-electron chi connectivity index (χ3n) is 2.06. The number of hydrogen-bond donors (Lipinski definition) is 0. The first-order valence-corrected chi connectivity index (χ1v) is 4.71. The lowest BCUT2D eigenvalue weighted by molar-refractivity contribution is 0.0726. The van der Waals surface area contributed by atoms with E-state index in [4.69, 9.17) is 4.74 Å². The van der Waals surface area contributed by atoms with Crippen molar-refractivity contribution in [2.45, 2.75) is 45.1 Å². The molecule has 0 aliphatic carbocycles. The van der Waals surface area contributed by atoms with Crippen LogP contribution < -0.4 is 0 Å². The molecule has 1 heteroatoms. The Morgan fingerprint density at radius 3 is 3.00 bits per heavy atom. The molecule has 1 atom stereocenters. The van der Waals surface area contributed by atoms with Gasteiger partial charge in [-0.3, -0.25) is 0 Å². The van der Waals surface area contributed by atoms with Crippen LogP contribution in [0.15, 0.2) is 12.2 Å². The van der Waals surface area contributed by atoms with E-state index in [9.17, 15) is 0 Å². The van der Waals surface area contributed by atoms with Crippen molar-refractivity contribution in [2.75, 3.05) is 6.61 Å². The first kappa shape index (κ1) is 8.79. The van der Waals surface area contributed by atoms with Gasteiger partial charge in [-0.2, -0.15) is 0 Å². The van der Waals surface area contributed by atoms with Crippen LogP contribution in [0.4, 0.5) is 0 Å². The molecule has 1 nitrogen and oxygen atoms in total. The quantitative estimate of drug-likeness (QED) is 0.447. The summed E-state index contributed by atoms with van der Waals surface area (Å²) in [7, 11) is 0. The van der Waals surface area contributed by atoms with Crippen molar-refractivity contribution in [1.82, 2.24) is 0 Å². The van der Waals surface area contributed by atoms with E-state index >= 15 is 0 Å². The lowest BCUT2D eigenvalue weighted by Crippen LogP contribution is -2.13. The van der Waals surface area contributed by atoms with E-state index < -0.39 is 0 Å². The Hall–Kier alpha value is -0.300. The van der Waals surface area contributed by atoms with Crippen LogP contribution >= 0.6 is 0 Å². The van der Waals surface area contributed by atoms with E-state index in [0.717, 1.165) is 13.0 Å². The second-order valence-corrected chi connectivity index (χ2v) is 3.12. The predicted molar refractivity (Wildman–Crippen MR) is 47.6 cm³/mol. The third kappa shape index (κ3) is 3.57. The average Bonchev–Trinajstić information content (AvgIpc) is 2.07. The fourth-order valence-corrected chi connectivity index (χ4v) is 1.37. The van der Waals surface area contributed by atoms with E-state index in [0.29, 0.717) is 6.10 Å². The zero-order valence-corrected chi connectivity index (χ0v) is 7.38. The molecule has 0 aromatic heterocycles. The van der Waals surface area contributed by atoms with Gasteiger partial charge >= 0.3 is 0 Å². The van der Waals surface area contributed by atoms with Crippen molar-refractivity contribution in [3.63, 3.8) is 0 Å². The van der Waals surface area contributed by atoms with E-state index in [-0.39, 0.29) is 0 Å². The molecule has 0 saturated carbocycles. The molecule has 1 heterocycles. The van der Waals surface area contributed by atoms with Crippen LogP contribution in [0.5, 0.6) is 0 Å². The molecule has 1 aliphatic rings. The fraction of sp³-hybridized carbons (Fsp3) is 0.800. The van der Waals surface area contributed by atoms with Gasteiger partial charge in [-0.25, -0.2) is 0 Å². The number of hydrogen-bond acceptors (Lipinski definition) is 1. The first-order chi connectivity index (χ1) is 5.43. The number of unbranched alkanes of at least 4 members (excludes halogenated alkanes) is 2.